The van der Waals surface area contributed by atoms with Gasteiger partial charge in [0.05, 0.1) is 18.5 Å². The van der Waals surface area contributed by atoms with Gasteiger partial charge in [0.25, 0.3) is 0 Å². The number of rotatable bonds is 3. The number of alkyl halides is 1. The highest BCUT2D eigenvalue weighted by molar-refractivity contribution is 5.91. The molecule has 15 heavy (non-hydrogen) atoms. The van der Waals surface area contributed by atoms with Crippen molar-refractivity contribution in [3.05, 3.63) is 17.5 Å². The Morgan fingerprint density at radius 3 is 2.73 bits per heavy atom. The van der Waals surface area contributed by atoms with Crippen LogP contribution in [0.3, 0.4) is 0 Å². The quantitative estimate of drug-likeness (QED) is 0.794. The summed E-state index contributed by atoms with van der Waals surface area (Å²) in [5.74, 6) is -1.35. The Bertz CT molecular complexity index is 393. The van der Waals surface area contributed by atoms with E-state index in [1.807, 2.05) is 0 Å². The number of hydrogen-bond acceptors (Lipinski definition) is 4. The number of carboxylic acid groups (broad SMARTS) is 1. The van der Waals surface area contributed by atoms with Gasteiger partial charge in [-0.2, -0.15) is 0 Å². The molecule has 0 bridgehead atoms. The van der Waals surface area contributed by atoms with E-state index in [0.717, 1.165) is 0 Å². The third-order valence-electron chi connectivity index (χ3n) is 1.84. The van der Waals surface area contributed by atoms with Crippen LogP contribution in [0.4, 0.5) is 10.1 Å². The number of methoxy groups -OCH3 is 1. The van der Waals surface area contributed by atoms with Gasteiger partial charge in [0.2, 0.25) is 0 Å². The van der Waals surface area contributed by atoms with Gasteiger partial charge in [-0.1, -0.05) is 0 Å². The smallest absolute Gasteiger partial charge is 0.358 e. The molecule has 0 aromatic carbocycles. The molecule has 0 fully saturated rings. The Morgan fingerprint density at radius 1 is 1.73 bits per heavy atom. The van der Waals surface area contributed by atoms with Gasteiger partial charge in [-0.25, -0.2) is 14.2 Å². The number of anilines is 1. The molecule has 3 N–H and O–H groups in total. The molecule has 1 heterocycles. The second-order valence-electron chi connectivity index (χ2n) is 2.94. The fourth-order valence-electron chi connectivity index (χ4n) is 1.14. The summed E-state index contributed by atoms with van der Waals surface area (Å²) in [6.45, 7) is 1.25. The predicted octanol–water partition coefficient (Wildman–Crippen LogP) is 1.40. The van der Waals surface area contributed by atoms with Crippen LogP contribution < -0.4 is 10.5 Å². The van der Waals surface area contributed by atoms with Crippen molar-refractivity contribution in [2.75, 3.05) is 12.8 Å². The monoisotopic (exact) mass is 214 g/mol. The van der Waals surface area contributed by atoms with E-state index in [4.69, 9.17) is 15.6 Å². The van der Waals surface area contributed by atoms with E-state index >= 15 is 0 Å². The topological polar surface area (TPSA) is 85.4 Å². The summed E-state index contributed by atoms with van der Waals surface area (Å²) in [6.07, 6.45) is -1.38. The number of nitrogen functional groups attached to an aromatic ring is 1. The molecule has 0 radical (unpaired) electrons. The molecule has 6 heteroatoms. The highest BCUT2D eigenvalue weighted by atomic mass is 19.1. The van der Waals surface area contributed by atoms with Crippen molar-refractivity contribution in [2.24, 2.45) is 0 Å². The van der Waals surface area contributed by atoms with Gasteiger partial charge in [-0.3, -0.25) is 0 Å². The molecule has 0 amide bonds. The molecule has 0 unspecified atom stereocenters. The standard InChI is InChI=1S/C9H11FN2O3/c1-4(10)6-3-5(11)8(15-2)7(12-6)9(13)14/h3-4H,1-2H3,(H2,11,12)(H,13,14)/t4-/m1/s1. The molecular weight excluding hydrogens is 203 g/mol. The maximum absolute atomic E-state index is 12.9. The highest BCUT2D eigenvalue weighted by Gasteiger charge is 2.19. The van der Waals surface area contributed by atoms with Crippen molar-refractivity contribution in [3.8, 4) is 5.75 Å². The third-order valence-corrected chi connectivity index (χ3v) is 1.84. The van der Waals surface area contributed by atoms with Gasteiger partial charge >= 0.3 is 5.97 Å². The van der Waals surface area contributed by atoms with E-state index < -0.39 is 12.1 Å². The summed E-state index contributed by atoms with van der Waals surface area (Å²) in [5.41, 5.74) is 5.17. The van der Waals surface area contributed by atoms with Crippen LogP contribution in [0.5, 0.6) is 5.75 Å². The molecule has 82 valence electrons. The number of aromatic nitrogens is 1. The lowest BCUT2D eigenvalue weighted by Gasteiger charge is -2.10. The molecule has 0 aliphatic heterocycles. The minimum atomic E-state index is -1.38. The number of hydrogen-bond donors (Lipinski definition) is 2. The van der Waals surface area contributed by atoms with E-state index in [1.54, 1.807) is 0 Å². The average Bonchev–Trinajstić information content (AvgIpc) is 2.16. The van der Waals surface area contributed by atoms with Crippen molar-refractivity contribution in [1.29, 1.82) is 0 Å². The molecule has 0 saturated carbocycles. The number of aromatic carboxylic acids is 1. The summed E-state index contributed by atoms with van der Waals surface area (Å²) in [6, 6.07) is 1.26. The van der Waals surface area contributed by atoms with Gasteiger partial charge in [0, 0.05) is 0 Å². The Balaban J connectivity index is 3.38. The first-order valence-electron chi connectivity index (χ1n) is 4.19. The lowest BCUT2D eigenvalue weighted by Crippen LogP contribution is -2.09. The molecule has 1 atom stereocenters. The number of carbonyl (C=O) groups is 1. The van der Waals surface area contributed by atoms with Crippen LogP contribution in [-0.2, 0) is 0 Å². The Hall–Kier alpha value is -1.85. The normalized spacial score (nSPS) is 12.2. The molecule has 0 spiro atoms. The van der Waals surface area contributed by atoms with E-state index in [2.05, 4.69) is 4.98 Å². The fraction of sp³-hybridized carbons (Fsp3) is 0.333. The largest absolute Gasteiger partial charge is 0.492 e. The molecule has 0 aliphatic carbocycles. The molecule has 0 aliphatic rings. The summed E-state index contributed by atoms with van der Waals surface area (Å²) < 4.78 is 17.7. The molecular formula is C9H11FN2O3. The molecule has 1 aromatic heterocycles. The zero-order valence-electron chi connectivity index (χ0n) is 8.32. The minimum Gasteiger partial charge on any atom is -0.492 e. The van der Waals surface area contributed by atoms with Crippen molar-refractivity contribution in [2.45, 2.75) is 13.1 Å². The van der Waals surface area contributed by atoms with E-state index in [-0.39, 0.29) is 22.8 Å². The van der Waals surface area contributed by atoms with Crippen molar-refractivity contribution in [3.63, 3.8) is 0 Å². The first-order valence-corrected chi connectivity index (χ1v) is 4.19. The number of carboxylic acids is 1. The maximum Gasteiger partial charge on any atom is 0.358 e. The molecule has 0 saturated heterocycles. The summed E-state index contributed by atoms with van der Waals surface area (Å²) in [4.78, 5) is 14.4. The van der Waals surface area contributed by atoms with Crippen molar-refractivity contribution < 1.29 is 19.0 Å². The first kappa shape index (κ1) is 11.2. The second-order valence-corrected chi connectivity index (χ2v) is 2.94. The predicted molar refractivity (Wildman–Crippen MR) is 51.7 cm³/mol. The third kappa shape index (κ3) is 2.15. The summed E-state index contributed by atoms with van der Waals surface area (Å²) in [5, 5.41) is 8.81. The highest BCUT2D eigenvalue weighted by Crippen LogP contribution is 2.28. The number of nitrogens with two attached hydrogens (primary N) is 1. The van der Waals surface area contributed by atoms with Gasteiger partial charge in [-0.05, 0) is 13.0 Å². The minimum absolute atomic E-state index is 0.0225. The van der Waals surface area contributed by atoms with Crippen LogP contribution in [0.15, 0.2) is 6.07 Å². The van der Waals surface area contributed by atoms with Crippen LogP contribution in [0.25, 0.3) is 0 Å². The zero-order valence-corrected chi connectivity index (χ0v) is 8.32. The van der Waals surface area contributed by atoms with Crippen molar-refractivity contribution in [1.82, 2.24) is 4.98 Å². The summed E-state index contributed by atoms with van der Waals surface area (Å²) >= 11 is 0. The van der Waals surface area contributed by atoms with E-state index in [1.165, 1.54) is 20.1 Å². The Morgan fingerprint density at radius 2 is 2.33 bits per heavy atom. The lowest BCUT2D eigenvalue weighted by molar-refractivity contribution is 0.0686. The maximum atomic E-state index is 12.9. The van der Waals surface area contributed by atoms with Crippen LogP contribution in [0.1, 0.15) is 29.3 Å². The number of halogens is 1. The SMILES string of the molecule is COc1c(N)cc([C@@H](C)F)nc1C(=O)O. The van der Waals surface area contributed by atoms with Crippen LogP contribution >= 0.6 is 0 Å². The lowest BCUT2D eigenvalue weighted by atomic mass is 10.2. The van der Waals surface area contributed by atoms with E-state index in [9.17, 15) is 9.18 Å². The second kappa shape index (κ2) is 4.12. The van der Waals surface area contributed by atoms with Gasteiger partial charge < -0.3 is 15.6 Å². The number of ether oxygens (including phenoxy) is 1. The van der Waals surface area contributed by atoms with Gasteiger partial charge in [0.1, 0.15) is 6.17 Å². The van der Waals surface area contributed by atoms with Crippen LogP contribution in [0, 0.1) is 0 Å². The average molecular weight is 214 g/mol. The number of nitrogens with zero attached hydrogens (tertiary/aromatic N) is 1. The zero-order chi connectivity index (χ0) is 11.6. The number of pyridine rings is 1. The molecule has 1 aromatic rings. The molecule has 1 rings (SSSR count). The summed E-state index contributed by atoms with van der Waals surface area (Å²) in [7, 11) is 1.28. The molecule has 5 nitrogen and oxygen atoms in total. The van der Waals surface area contributed by atoms with Crippen molar-refractivity contribution >= 4 is 11.7 Å². The Labute approximate surface area is 85.7 Å². The van der Waals surface area contributed by atoms with Crippen LogP contribution in [0.2, 0.25) is 0 Å². The van der Waals surface area contributed by atoms with Gasteiger partial charge in [0.15, 0.2) is 11.4 Å². The fourth-order valence-corrected chi connectivity index (χ4v) is 1.14. The van der Waals surface area contributed by atoms with E-state index in [0.29, 0.717) is 0 Å². The van der Waals surface area contributed by atoms with Gasteiger partial charge in [-0.15, -0.1) is 0 Å². The Kier molecular flexibility index (Phi) is 3.08. The van der Waals surface area contributed by atoms with Crippen LogP contribution in [-0.4, -0.2) is 23.2 Å². The first-order chi connectivity index (χ1) is 6.97.